The van der Waals surface area contributed by atoms with Crippen LogP contribution in [0.4, 0.5) is 34.0 Å². The van der Waals surface area contributed by atoms with Crippen molar-refractivity contribution in [2.45, 2.75) is 42.0 Å². The van der Waals surface area contributed by atoms with E-state index in [2.05, 4.69) is 24.7 Å². The number of benzene rings is 1. The van der Waals surface area contributed by atoms with E-state index < -0.39 is 62.2 Å². The monoisotopic (exact) mass is 854 g/mol. The molecular formula is C29H27ClF4N8O10S3. The fourth-order valence-corrected chi connectivity index (χ4v) is 7.41. The number of carbonyl (C=O) groups excluding carboxylic acids is 2. The number of fused-ring (bicyclic) bond motifs is 1. The highest BCUT2D eigenvalue weighted by Gasteiger charge is 2.36. The molecule has 0 fully saturated rings. The molecule has 0 unspecified atom stereocenters. The van der Waals surface area contributed by atoms with Gasteiger partial charge in [0, 0.05) is 18.0 Å². The Morgan fingerprint density at radius 3 is 2.25 bits per heavy atom. The number of pyridine rings is 1. The molecule has 26 heteroatoms. The Morgan fingerprint density at radius 1 is 1.04 bits per heavy atom. The molecule has 0 saturated heterocycles. The van der Waals surface area contributed by atoms with Gasteiger partial charge in [-0.2, -0.15) is 31.6 Å². The third kappa shape index (κ3) is 10.9. The first-order valence-corrected chi connectivity index (χ1v) is 18.7. The zero-order valence-corrected chi connectivity index (χ0v) is 31.5. The van der Waals surface area contributed by atoms with Crippen molar-refractivity contribution in [3.8, 4) is 11.8 Å². The van der Waals surface area contributed by atoms with Crippen molar-refractivity contribution in [3.05, 3.63) is 66.9 Å². The third-order valence-electron chi connectivity index (χ3n) is 6.87. The number of nitrogens with one attached hydrogen (secondary N) is 2. The lowest BCUT2D eigenvalue weighted by molar-refractivity contribution is -0.141. The fraction of sp³-hybridized carbons (Fsp3) is 0.310. The van der Waals surface area contributed by atoms with E-state index in [1.54, 1.807) is 9.36 Å². The Bertz CT molecular complexity index is 2330. The number of sulfonamides is 1. The maximum Gasteiger partial charge on any atom is 0.433 e. The number of urea groups is 1. The van der Waals surface area contributed by atoms with Crippen LogP contribution < -0.4 is 29.2 Å². The van der Waals surface area contributed by atoms with Crippen LogP contribution in [-0.2, 0) is 38.8 Å². The minimum atomic E-state index is -5.14. The molecule has 0 saturated carbocycles. The van der Waals surface area contributed by atoms with Gasteiger partial charge in [-0.15, -0.1) is 11.8 Å². The van der Waals surface area contributed by atoms with Crippen LogP contribution in [0.2, 0.25) is 5.02 Å². The Hall–Kier alpha value is -5.27. The number of nitrogens with zero attached hydrogens (tertiary/aromatic N) is 6. The fourth-order valence-electron chi connectivity index (χ4n) is 4.36. The molecule has 0 aliphatic carbocycles. The number of thioether (sulfide) groups is 1. The molecule has 3 N–H and O–H groups in total. The number of amides is 2. The van der Waals surface area contributed by atoms with Crippen LogP contribution in [0.25, 0.3) is 0 Å². The summed E-state index contributed by atoms with van der Waals surface area (Å²) in [4.78, 5) is 61.9. The van der Waals surface area contributed by atoms with Gasteiger partial charge in [0.25, 0.3) is 10.0 Å². The number of ether oxygens (including phenoxy) is 3. The molecular weight excluding hydrogens is 828 g/mol. The second kappa shape index (κ2) is 17.9. The standard InChI is InChI=1S/C15H15ClFN3O3S2.C14H12F3N5O7S/c1-23-13(21)8-24-12-7-11(10(17)6-9(12)16)18-14-19-4-2-3-5-20(19)15(22)25-14;1-28-8-5-9(29-2)20-12(19-8)21-13(25)22-30(26,27)10-6(11(23)24)3-4-7(18-10)14(15,16)17/h6-7H,2-5,8H2,1H3;3-5H,1-2H3,(H,23,24)(H2,19,20,21,22,25). The second-order valence-corrected chi connectivity index (χ2v) is 14.4. The predicted octanol–water partition coefficient (Wildman–Crippen LogP) is 3.91. The second-order valence-electron chi connectivity index (χ2n) is 10.5. The zero-order valence-electron chi connectivity index (χ0n) is 28.3. The normalized spacial score (nSPS) is 12.8. The lowest BCUT2D eigenvalue weighted by Crippen LogP contribution is -2.36. The van der Waals surface area contributed by atoms with Gasteiger partial charge < -0.3 is 19.3 Å². The van der Waals surface area contributed by atoms with Crippen molar-refractivity contribution in [1.82, 2.24) is 29.0 Å². The van der Waals surface area contributed by atoms with Gasteiger partial charge in [-0.1, -0.05) is 11.6 Å². The SMILES string of the molecule is COC(=O)CSc1cc(N=c2sc(=O)n3n2CCCC3)c(F)cc1Cl.COc1cc(OC)nc(NC(=O)NS(=O)(=O)c2nc(C(F)(F)F)ccc2C(=O)O)n1. The molecule has 3 aromatic heterocycles. The van der Waals surface area contributed by atoms with Crippen LogP contribution in [-0.4, -0.2) is 82.9 Å². The molecule has 55 heavy (non-hydrogen) atoms. The molecule has 1 aromatic carbocycles. The predicted molar refractivity (Wildman–Crippen MR) is 186 cm³/mol. The van der Waals surface area contributed by atoms with Crippen LogP contribution in [0.5, 0.6) is 11.8 Å². The number of carbonyl (C=O) groups is 3. The number of hydrogen-bond donors (Lipinski definition) is 3. The average molecular weight is 855 g/mol. The molecule has 296 valence electrons. The summed E-state index contributed by atoms with van der Waals surface area (Å²) in [7, 11) is -1.37. The van der Waals surface area contributed by atoms with E-state index in [0.717, 1.165) is 42.0 Å². The number of carboxylic acid groups (broad SMARTS) is 1. The molecule has 0 radical (unpaired) electrons. The maximum atomic E-state index is 14.3. The quantitative estimate of drug-likeness (QED) is 0.117. The largest absolute Gasteiger partial charge is 0.481 e. The maximum absolute atomic E-state index is 14.3. The summed E-state index contributed by atoms with van der Waals surface area (Å²) >= 11 is 8.17. The first kappa shape index (κ1) is 42.5. The molecule has 1 aliphatic heterocycles. The Kier molecular flexibility index (Phi) is 13.8. The number of methoxy groups -OCH3 is 3. The van der Waals surface area contributed by atoms with Crippen molar-refractivity contribution in [1.29, 1.82) is 0 Å². The topological polar surface area (TPSA) is 235 Å². The van der Waals surface area contributed by atoms with Crippen LogP contribution in [0.1, 0.15) is 28.9 Å². The van der Waals surface area contributed by atoms with E-state index in [1.807, 2.05) is 5.32 Å². The summed E-state index contributed by atoms with van der Waals surface area (Å²) in [6, 6.07) is 3.07. The summed E-state index contributed by atoms with van der Waals surface area (Å²) in [5.74, 6) is -3.40. The van der Waals surface area contributed by atoms with Gasteiger partial charge >= 0.3 is 29.0 Å². The Balaban J connectivity index is 0.000000248. The van der Waals surface area contributed by atoms with Gasteiger partial charge in [0.05, 0.1) is 43.7 Å². The first-order chi connectivity index (χ1) is 25.9. The number of rotatable bonds is 10. The van der Waals surface area contributed by atoms with Crippen LogP contribution in [0.15, 0.2) is 50.0 Å². The van der Waals surface area contributed by atoms with E-state index in [4.69, 9.17) is 26.2 Å². The van der Waals surface area contributed by atoms with E-state index in [-0.39, 0.29) is 33.1 Å². The van der Waals surface area contributed by atoms with E-state index in [1.165, 1.54) is 38.2 Å². The lowest BCUT2D eigenvalue weighted by atomic mass is 10.2. The number of esters is 1. The van der Waals surface area contributed by atoms with Crippen LogP contribution in [0, 0.1) is 5.82 Å². The Morgan fingerprint density at radius 2 is 1.67 bits per heavy atom. The summed E-state index contributed by atoms with van der Waals surface area (Å²) in [6.45, 7) is 1.32. The van der Waals surface area contributed by atoms with Crippen molar-refractivity contribution in [2.75, 3.05) is 32.4 Å². The molecule has 18 nitrogen and oxygen atoms in total. The van der Waals surface area contributed by atoms with Gasteiger partial charge in [0.15, 0.2) is 5.03 Å². The van der Waals surface area contributed by atoms with Gasteiger partial charge in [-0.3, -0.25) is 19.6 Å². The minimum Gasteiger partial charge on any atom is -0.481 e. The summed E-state index contributed by atoms with van der Waals surface area (Å²) in [6.07, 6.45) is -3.17. The Labute approximate surface area is 320 Å². The summed E-state index contributed by atoms with van der Waals surface area (Å²) in [5.41, 5.74) is -2.67. The number of carboxylic acids is 1. The third-order valence-corrected chi connectivity index (χ3v) is 10.5. The number of halogens is 5. The molecule has 1 aliphatic rings. The van der Waals surface area contributed by atoms with Crippen molar-refractivity contribution in [3.63, 3.8) is 0 Å². The van der Waals surface area contributed by atoms with Crippen molar-refractivity contribution < 1.29 is 59.7 Å². The van der Waals surface area contributed by atoms with Crippen molar-refractivity contribution >= 4 is 74.3 Å². The highest BCUT2D eigenvalue weighted by atomic mass is 35.5. The number of alkyl halides is 3. The molecule has 0 bridgehead atoms. The van der Waals surface area contributed by atoms with E-state index in [9.17, 15) is 45.2 Å². The number of anilines is 1. The first-order valence-electron chi connectivity index (χ1n) is 15.0. The van der Waals surface area contributed by atoms with E-state index in [0.29, 0.717) is 34.9 Å². The lowest BCUT2D eigenvalue weighted by Gasteiger charge is -2.15. The summed E-state index contributed by atoms with van der Waals surface area (Å²) < 4.78 is 96.4. The minimum absolute atomic E-state index is 0.0605. The average Bonchev–Trinajstić information content (AvgIpc) is 3.45. The molecule has 2 amide bonds. The van der Waals surface area contributed by atoms with Crippen LogP contribution in [0.3, 0.4) is 0 Å². The van der Waals surface area contributed by atoms with Gasteiger partial charge in [-0.05, 0) is 48.4 Å². The number of hydrogen-bond acceptors (Lipinski definition) is 15. The molecule has 4 heterocycles. The van der Waals surface area contributed by atoms with Crippen molar-refractivity contribution in [2.24, 2.45) is 4.99 Å². The highest BCUT2D eigenvalue weighted by Crippen LogP contribution is 2.33. The highest BCUT2D eigenvalue weighted by molar-refractivity contribution is 8.00. The van der Waals surface area contributed by atoms with Gasteiger partial charge in [0.1, 0.15) is 17.2 Å². The number of aromatic carboxylic acids is 1. The molecule has 0 atom stereocenters. The van der Waals surface area contributed by atoms with Gasteiger partial charge in [-0.25, -0.2) is 33.4 Å². The molecule has 4 aromatic rings. The summed E-state index contributed by atoms with van der Waals surface area (Å²) in [5, 5.41) is 9.64. The smallest absolute Gasteiger partial charge is 0.433 e. The van der Waals surface area contributed by atoms with Gasteiger partial charge in [0.2, 0.25) is 22.5 Å². The number of aromatic nitrogens is 5. The van der Waals surface area contributed by atoms with Crippen LogP contribution >= 0.6 is 34.7 Å². The zero-order chi connectivity index (χ0) is 40.7. The molecule has 5 rings (SSSR count). The van der Waals surface area contributed by atoms with E-state index >= 15 is 0 Å². The molecule has 0 spiro atoms.